The molecule has 2 rings (SSSR count). The van der Waals surface area contributed by atoms with Gasteiger partial charge in [-0.2, -0.15) is 5.26 Å². The number of anilines is 1. The lowest BCUT2D eigenvalue weighted by atomic mass is 9.96. The maximum atomic E-state index is 12.1. The average Bonchev–Trinajstić information content (AvgIpc) is 2.50. The van der Waals surface area contributed by atoms with Crippen LogP contribution in [0.3, 0.4) is 0 Å². The van der Waals surface area contributed by atoms with Gasteiger partial charge in [-0.3, -0.25) is 13.9 Å². The standard InChI is InChI=1S/C15H23N5O2/c1-17-7-5-11(6-8-17)10-18(2)13-12(9-16)14(21)20(4)15(22)19(13)3/h11H,5-8,10H2,1-4H3. The second-order valence-corrected chi connectivity index (χ2v) is 6.14. The van der Waals surface area contributed by atoms with Gasteiger partial charge in [-0.1, -0.05) is 0 Å². The summed E-state index contributed by atoms with van der Waals surface area (Å²) in [7, 11) is 6.95. The molecule has 1 aliphatic rings. The largest absolute Gasteiger partial charge is 0.359 e. The van der Waals surface area contributed by atoms with Crippen molar-refractivity contribution in [1.82, 2.24) is 14.0 Å². The molecule has 22 heavy (non-hydrogen) atoms. The van der Waals surface area contributed by atoms with Crippen LogP contribution in [0.5, 0.6) is 0 Å². The van der Waals surface area contributed by atoms with Crippen LogP contribution in [0.25, 0.3) is 0 Å². The Morgan fingerprint density at radius 3 is 2.32 bits per heavy atom. The van der Waals surface area contributed by atoms with Crippen LogP contribution >= 0.6 is 0 Å². The molecule has 1 aromatic rings. The van der Waals surface area contributed by atoms with Crippen LogP contribution in [-0.4, -0.2) is 47.8 Å². The number of nitrogens with zero attached hydrogens (tertiary/aromatic N) is 5. The molecule has 0 aliphatic carbocycles. The molecule has 0 radical (unpaired) electrons. The number of aromatic nitrogens is 2. The highest BCUT2D eigenvalue weighted by Crippen LogP contribution is 2.20. The van der Waals surface area contributed by atoms with Gasteiger partial charge in [-0.15, -0.1) is 0 Å². The zero-order valence-corrected chi connectivity index (χ0v) is 13.7. The number of hydrogen-bond acceptors (Lipinski definition) is 5. The van der Waals surface area contributed by atoms with Crippen LogP contribution in [0, 0.1) is 17.2 Å². The third-order valence-corrected chi connectivity index (χ3v) is 4.48. The summed E-state index contributed by atoms with van der Waals surface area (Å²) in [6, 6.07) is 1.95. The van der Waals surface area contributed by atoms with Gasteiger partial charge >= 0.3 is 5.69 Å². The van der Waals surface area contributed by atoms with Crippen molar-refractivity contribution < 1.29 is 0 Å². The van der Waals surface area contributed by atoms with E-state index in [1.165, 1.54) is 11.6 Å². The molecule has 0 N–H and O–H groups in total. The quantitative estimate of drug-likeness (QED) is 0.769. The van der Waals surface area contributed by atoms with Crippen molar-refractivity contribution in [1.29, 1.82) is 5.26 Å². The Labute approximate surface area is 130 Å². The summed E-state index contributed by atoms with van der Waals surface area (Å²) in [5, 5.41) is 9.32. The molecule has 0 spiro atoms. The number of likely N-dealkylation sites (tertiary alicyclic amines) is 1. The van der Waals surface area contributed by atoms with Crippen LogP contribution in [0.1, 0.15) is 18.4 Å². The normalized spacial score (nSPS) is 16.5. The maximum absolute atomic E-state index is 12.1. The molecule has 1 fully saturated rings. The lowest BCUT2D eigenvalue weighted by Crippen LogP contribution is -2.43. The summed E-state index contributed by atoms with van der Waals surface area (Å²) < 4.78 is 2.36. The molecule has 0 saturated carbocycles. The highest BCUT2D eigenvalue weighted by molar-refractivity contribution is 5.52. The highest BCUT2D eigenvalue weighted by atomic mass is 16.2. The molecule has 2 heterocycles. The molecule has 1 saturated heterocycles. The molecular weight excluding hydrogens is 282 g/mol. The molecule has 0 bridgehead atoms. The first-order valence-electron chi connectivity index (χ1n) is 7.46. The molecule has 7 heteroatoms. The SMILES string of the molecule is CN1CCC(CN(C)c2c(C#N)c(=O)n(C)c(=O)n2C)CC1. The number of rotatable bonds is 3. The van der Waals surface area contributed by atoms with E-state index >= 15 is 0 Å². The van der Waals surface area contributed by atoms with Crippen molar-refractivity contribution in [3.8, 4) is 6.07 Å². The highest BCUT2D eigenvalue weighted by Gasteiger charge is 2.23. The van der Waals surface area contributed by atoms with Crippen molar-refractivity contribution in [3.63, 3.8) is 0 Å². The molecule has 0 amide bonds. The molecule has 7 nitrogen and oxygen atoms in total. The minimum Gasteiger partial charge on any atom is -0.359 e. The topological polar surface area (TPSA) is 74.3 Å². The second-order valence-electron chi connectivity index (χ2n) is 6.14. The molecule has 1 aromatic heterocycles. The third-order valence-electron chi connectivity index (χ3n) is 4.48. The smallest absolute Gasteiger partial charge is 0.332 e. The van der Waals surface area contributed by atoms with E-state index in [9.17, 15) is 14.9 Å². The lowest BCUT2D eigenvalue weighted by Gasteiger charge is -2.33. The fraction of sp³-hybridized carbons (Fsp3) is 0.667. The second kappa shape index (κ2) is 6.36. The zero-order chi connectivity index (χ0) is 16.4. The van der Waals surface area contributed by atoms with Crippen LogP contribution in [0.15, 0.2) is 9.59 Å². The molecule has 0 aromatic carbocycles. The van der Waals surface area contributed by atoms with Crippen molar-refractivity contribution in [2.24, 2.45) is 20.0 Å². The van der Waals surface area contributed by atoms with Gasteiger partial charge in [0.2, 0.25) is 0 Å². The van der Waals surface area contributed by atoms with Gasteiger partial charge in [0.25, 0.3) is 5.56 Å². The molecule has 120 valence electrons. The van der Waals surface area contributed by atoms with Crippen LogP contribution in [-0.2, 0) is 14.1 Å². The van der Waals surface area contributed by atoms with E-state index in [2.05, 4.69) is 11.9 Å². The number of nitriles is 1. The van der Waals surface area contributed by atoms with E-state index in [0.29, 0.717) is 11.7 Å². The fourth-order valence-corrected chi connectivity index (χ4v) is 3.10. The Hall–Kier alpha value is -2.07. The summed E-state index contributed by atoms with van der Waals surface area (Å²) in [6.45, 7) is 2.85. The van der Waals surface area contributed by atoms with Crippen LogP contribution in [0.4, 0.5) is 5.82 Å². The van der Waals surface area contributed by atoms with Gasteiger partial charge in [0.05, 0.1) is 0 Å². The Morgan fingerprint density at radius 1 is 1.18 bits per heavy atom. The van der Waals surface area contributed by atoms with Crippen molar-refractivity contribution in [3.05, 3.63) is 26.4 Å². The van der Waals surface area contributed by atoms with E-state index in [-0.39, 0.29) is 5.56 Å². The average molecular weight is 305 g/mol. The third kappa shape index (κ3) is 2.92. The fourth-order valence-electron chi connectivity index (χ4n) is 3.10. The lowest BCUT2D eigenvalue weighted by molar-refractivity contribution is 0.222. The first kappa shape index (κ1) is 16.3. The number of hydrogen-bond donors (Lipinski definition) is 0. The predicted molar refractivity (Wildman–Crippen MR) is 85.1 cm³/mol. The number of piperidine rings is 1. The molecule has 0 unspecified atom stereocenters. The Balaban J connectivity index is 2.34. The van der Waals surface area contributed by atoms with E-state index < -0.39 is 11.2 Å². The van der Waals surface area contributed by atoms with Gasteiger partial charge in [-0.05, 0) is 38.9 Å². The van der Waals surface area contributed by atoms with E-state index in [4.69, 9.17) is 0 Å². The maximum Gasteiger partial charge on any atom is 0.332 e. The van der Waals surface area contributed by atoms with Crippen molar-refractivity contribution in [2.75, 3.05) is 38.6 Å². The van der Waals surface area contributed by atoms with E-state index in [1.807, 2.05) is 18.0 Å². The molecule has 0 atom stereocenters. The molecular formula is C15H23N5O2. The first-order chi connectivity index (χ1) is 10.4. The van der Waals surface area contributed by atoms with Gasteiger partial charge < -0.3 is 9.80 Å². The Kier molecular flexibility index (Phi) is 4.71. The summed E-state index contributed by atoms with van der Waals surface area (Å²) in [4.78, 5) is 28.4. The van der Waals surface area contributed by atoms with Crippen LogP contribution in [0.2, 0.25) is 0 Å². The molecule has 1 aliphatic heterocycles. The Morgan fingerprint density at radius 2 is 1.77 bits per heavy atom. The summed E-state index contributed by atoms with van der Waals surface area (Å²) in [5.41, 5.74) is -0.912. The van der Waals surface area contributed by atoms with Crippen LogP contribution < -0.4 is 16.1 Å². The minimum atomic E-state index is -0.532. The van der Waals surface area contributed by atoms with Crippen molar-refractivity contribution in [2.45, 2.75) is 12.8 Å². The first-order valence-corrected chi connectivity index (χ1v) is 7.46. The van der Waals surface area contributed by atoms with E-state index in [0.717, 1.165) is 37.0 Å². The van der Waals surface area contributed by atoms with Crippen molar-refractivity contribution >= 4 is 5.82 Å². The predicted octanol–water partition coefficient (Wildman–Crippen LogP) is -0.266. The van der Waals surface area contributed by atoms with Gasteiger partial charge in [0, 0.05) is 27.7 Å². The van der Waals surface area contributed by atoms with Gasteiger partial charge in [0.15, 0.2) is 5.56 Å². The zero-order valence-electron chi connectivity index (χ0n) is 13.7. The van der Waals surface area contributed by atoms with Gasteiger partial charge in [0.1, 0.15) is 11.9 Å². The monoisotopic (exact) mass is 305 g/mol. The van der Waals surface area contributed by atoms with Gasteiger partial charge in [-0.25, -0.2) is 4.79 Å². The summed E-state index contributed by atoms with van der Waals surface area (Å²) in [6.07, 6.45) is 2.17. The Bertz CT molecular complexity index is 704. The summed E-state index contributed by atoms with van der Waals surface area (Å²) >= 11 is 0. The summed E-state index contributed by atoms with van der Waals surface area (Å²) in [5.74, 6) is 0.918. The minimum absolute atomic E-state index is 0.0278. The van der Waals surface area contributed by atoms with E-state index in [1.54, 1.807) is 7.05 Å².